The Morgan fingerprint density at radius 2 is 2.00 bits per heavy atom. The van der Waals surface area contributed by atoms with Crippen molar-refractivity contribution in [3.8, 4) is 11.8 Å². The van der Waals surface area contributed by atoms with Gasteiger partial charge in [0.15, 0.2) is 0 Å². The van der Waals surface area contributed by atoms with Crippen LogP contribution >= 0.6 is 11.6 Å². The third-order valence-electron chi connectivity index (χ3n) is 5.61. The first-order valence-electron chi connectivity index (χ1n) is 8.98. The highest BCUT2D eigenvalue weighted by atomic mass is 35.5. The average Bonchev–Trinajstić information content (AvgIpc) is 2.95. The molecule has 0 aromatic heterocycles. The minimum Gasteiger partial charge on any atom is -0.490 e. The monoisotopic (exact) mass is 396 g/mol. The molecule has 7 heteroatoms. The molecule has 142 valence electrons. The van der Waals surface area contributed by atoms with Crippen LogP contribution in [0.5, 0.6) is 5.75 Å². The molecular weight excluding hydrogens is 380 g/mol. The number of anilines is 1. The summed E-state index contributed by atoms with van der Waals surface area (Å²) in [4.78, 5) is 24.0. The zero-order chi connectivity index (χ0) is 19.9. The van der Waals surface area contributed by atoms with Crippen LogP contribution in [0, 0.1) is 11.3 Å². The van der Waals surface area contributed by atoms with Crippen molar-refractivity contribution in [1.82, 2.24) is 0 Å². The fraction of sp³-hybridized carbons (Fsp3) is 0.286. The number of nitrogens with zero attached hydrogens (tertiary/aromatic N) is 1. The van der Waals surface area contributed by atoms with Crippen LogP contribution in [0.4, 0.5) is 5.69 Å². The van der Waals surface area contributed by atoms with Crippen molar-refractivity contribution in [3.05, 3.63) is 58.1 Å². The van der Waals surface area contributed by atoms with Crippen LogP contribution in [0.15, 0.2) is 36.4 Å². The van der Waals surface area contributed by atoms with Crippen LogP contribution in [0.3, 0.4) is 0 Å². The molecule has 6 nitrogen and oxygen atoms in total. The van der Waals surface area contributed by atoms with Crippen LogP contribution in [0.25, 0.3) is 0 Å². The van der Waals surface area contributed by atoms with Crippen LogP contribution in [0.2, 0.25) is 5.02 Å². The van der Waals surface area contributed by atoms with Gasteiger partial charge >= 0.3 is 5.97 Å². The van der Waals surface area contributed by atoms with Crippen LogP contribution in [0.1, 0.15) is 47.2 Å². The molecule has 2 aromatic carbocycles. The number of amides is 1. The number of carbonyl (C=O) groups excluding carboxylic acids is 1. The molecule has 0 saturated heterocycles. The summed E-state index contributed by atoms with van der Waals surface area (Å²) < 4.78 is 6.00. The number of carboxylic acid groups (broad SMARTS) is 1. The zero-order valence-corrected chi connectivity index (χ0v) is 15.6. The number of halogens is 1. The van der Waals surface area contributed by atoms with Crippen molar-refractivity contribution in [2.75, 3.05) is 5.32 Å². The highest BCUT2D eigenvalue weighted by Gasteiger charge is 2.49. The largest absolute Gasteiger partial charge is 0.490 e. The molecule has 1 aliphatic carbocycles. The number of ether oxygens (including phenoxy) is 1. The molecule has 2 aromatic rings. The summed E-state index contributed by atoms with van der Waals surface area (Å²) in [7, 11) is 0. The van der Waals surface area contributed by atoms with Gasteiger partial charge in [-0.1, -0.05) is 11.6 Å². The molecule has 1 saturated carbocycles. The molecule has 1 spiro atoms. The molecule has 0 bridgehead atoms. The van der Waals surface area contributed by atoms with Crippen molar-refractivity contribution < 1.29 is 19.4 Å². The Balaban J connectivity index is 1.52. The van der Waals surface area contributed by atoms with Crippen LogP contribution in [-0.2, 0) is 10.2 Å². The van der Waals surface area contributed by atoms with E-state index in [-0.39, 0.29) is 17.6 Å². The average molecular weight is 397 g/mol. The van der Waals surface area contributed by atoms with Gasteiger partial charge in [0, 0.05) is 11.8 Å². The van der Waals surface area contributed by atoms with E-state index in [2.05, 4.69) is 5.32 Å². The maximum atomic E-state index is 12.7. The van der Waals surface area contributed by atoms with Gasteiger partial charge in [0.1, 0.15) is 11.8 Å². The van der Waals surface area contributed by atoms with Crippen molar-refractivity contribution in [3.63, 3.8) is 0 Å². The Morgan fingerprint density at radius 1 is 1.25 bits per heavy atom. The second-order valence-corrected chi connectivity index (χ2v) is 7.58. The third kappa shape index (κ3) is 2.98. The Bertz CT molecular complexity index is 1020. The molecular formula is C21H17ClN2O4. The highest BCUT2D eigenvalue weighted by Crippen LogP contribution is 2.48. The minimum atomic E-state index is -1.01. The van der Waals surface area contributed by atoms with E-state index in [1.807, 2.05) is 6.07 Å². The summed E-state index contributed by atoms with van der Waals surface area (Å²) in [5.74, 6) is -0.494. The van der Waals surface area contributed by atoms with Gasteiger partial charge in [-0.05, 0) is 61.6 Å². The fourth-order valence-corrected chi connectivity index (χ4v) is 4.31. The second kappa shape index (κ2) is 6.84. The van der Waals surface area contributed by atoms with Crippen molar-refractivity contribution in [1.29, 1.82) is 5.26 Å². The van der Waals surface area contributed by atoms with Gasteiger partial charge in [0.25, 0.3) is 0 Å². The van der Waals surface area contributed by atoms with Gasteiger partial charge in [-0.15, -0.1) is 0 Å². The number of rotatable bonds is 3. The fourth-order valence-electron chi connectivity index (χ4n) is 4.10. The summed E-state index contributed by atoms with van der Waals surface area (Å²) in [5.41, 5.74) is 1.32. The molecule has 28 heavy (non-hydrogen) atoms. The third-order valence-corrected chi connectivity index (χ3v) is 5.93. The highest BCUT2D eigenvalue weighted by molar-refractivity contribution is 6.31. The number of aromatic carboxylic acids is 1. The molecule has 2 aliphatic rings. The normalized spacial score (nSPS) is 23.0. The summed E-state index contributed by atoms with van der Waals surface area (Å²) in [6.45, 7) is 0. The lowest BCUT2D eigenvalue weighted by atomic mass is 9.69. The van der Waals surface area contributed by atoms with Crippen molar-refractivity contribution >= 4 is 29.2 Å². The van der Waals surface area contributed by atoms with Crippen molar-refractivity contribution in [2.24, 2.45) is 0 Å². The number of carbonyl (C=O) groups is 2. The SMILES string of the molecule is N#Cc1ccc(O[C@H]2CC[C@@]3(CC2)C(=O)Nc2ccc(C(=O)O)cc23)cc1Cl. The molecule has 2 N–H and O–H groups in total. The molecule has 1 fully saturated rings. The van der Waals surface area contributed by atoms with E-state index in [1.165, 1.54) is 6.07 Å². The second-order valence-electron chi connectivity index (χ2n) is 7.17. The predicted octanol–water partition coefficient (Wildman–Crippen LogP) is 4.12. The first-order valence-corrected chi connectivity index (χ1v) is 9.36. The molecule has 1 heterocycles. The number of carboxylic acids is 1. The van der Waals surface area contributed by atoms with Crippen LogP contribution in [-0.4, -0.2) is 23.1 Å². The summed E-state index contributed by atoms with van der Waals surface area (Å²) in [6.07, 6.45) is 2.38. The van der Waals surface area contributed by atoms with E-state index in [4.69, 9.17) is 21.6 Å². The summed E-state index contributed by atoms with van der Waals surface area (Å²) in [6, 6.07) is 11.7. The van der Waals surface area contributed by atoms with Gasteiger partial charge in [-0.2, -0.15) is 5.26 Å². The van der Waals surface area contributed by atoms with Gasteiger partial charge in [0.2, 0.25) is 5.91 Å². The first-order chi connectivity index (χ1) is 13.4. The predicted molar refractivity (Wildman–Crippen MR) is 103 cm³/mol. The summed E-state index contributed by atoms with van der Waals surface area (Å²) in [5, 5.41) is 21.5. The number of fused-ring (bicyclic) bond motifs is 2. The lowest BCUT2D eigenvalue weighted by Crippen LogP contribution is -2.41. The Labute approximate surface area is 166 Å². The zero-order valence-electron chi connectivity index (χ0n) is 14.9. The molecule has 0 atom stereocenters. The lowest BCUT2D eigenvalue weighted by Gasteiger charge is -2.35. The van der Waals surface area contributed by atoms with E-state index in [9.17, 15) is 14.7 Å². The van der Waals surface area contributed by atoms with E-state index < -0.39 is 11.4 Å². The minimum absolute atomic E-state index is 0.0749. The molecule has 0 unspecified atom stereocenters. The van der Waals surface area contributed by atoms with Gasteiger partial charge in [-0.25, -0.2) is 4.79 Å². The van der Waals surface area contributed by atoms with Gasteiger partial charge in [-0.3, -0.25) is 4.79 Å². The number of hydrogen-bond donors (Lipinski definition) is 2. The Hall–Kier alpha value is -3.04. The number of nitrogens with one attached hydrogen (secondary N) is 1. The molecule has 4 rings (SSSR count). The molecule has 1 amide bonds. The molecule has 1 aliphatic heterocycles. The van der Waals surface area contributed by atoms with Crippen LogP contribution < -0.4 is 10.1 Å². The van der Waals surface area contributed by atoms with E-state index in [0.717, 1.165) is 5.56 Å². The summed E-state index contributed by atoms with van der Waals surface area (Å²) >= 11 is 6.06. The molecule has 0 radical (unpaired) electrons. The number of benzene rings is 2. The first kappa shape index (κ1) is 18.3. The number of hydrogen-bond acceptors (Lipinski definition) is 4. The van der Waals surface area contributed by atoms with Crippen molar-refractivity contribution in [2.45, 2.75) is 37.2 Å². The topological polar surface area (TPSA) is 99.4 Å². The standard InChI is InChI=1S/C21H17ClN2O4/c22-17-10-15(3-1-13(17)11-23)28-14-5-7-21(8-6-14)16-9-12(19(25)26)2-4-18(16)24-20(21)27/h1-4,9-10,14H,5-8H2,(H,24,27)(H,25,26)/t14-,21-. The number of nitriles is 1. The van der Waals surface area contributed by atoms with Gasteiger partial charge < -0.3 is 15.2 Å². The maximum absolute atomic E-state index is 12.7. The maximum Gasteiger partial charge on any atom is 0.335 e. The lowest BCUT2D eigenvalue weighted by molar-refractivity contribution is -0.122. The Kier molecular flexibility index (Phi) is 4.48. The van der Waals surface area contributed by atoms with Gasteiger partial charge in [0.05, 0.1) is 27.7 Å². The van der Waals surface area contributed by atoms with E-state index in [0.29, 0.717) is 47.7 Å². The quantitative estimate of drug-likeness (QED) is 0.812. The van der Waals surface area contributed by atoms with E-state index >= 15 is 0 Å². The van der Waals surface area contributed by atoms with E-state index in [1.54, 1.807) is 30.3 Å². The Morgan fingerprint density at radius 3 is 2.64 bits per heavy atom. The smallest absolute Gasteiger partial charge is 0.335 e.